The second-order valence-electron chi connectivity index (χ2n) is 4.42. The number of hydrogen-bond donors (Lipinski definition) is 0. The van der Waals surface area contributed by atoms with Crippen molar-refractivity contribution in [2.45, 2.75) is 50.4 Å². The molecule has 1 unspecified atom stereocenters. The van der Waals surface area contributed by atoms with E-state index in [1.54, 1.807) is 6.04 Å². The van der Waals surface area contributed by atoms with Crippen LogP contribution in [-0.2, 0) is 0 Å². The Bertz CT molecular complexity index is 91.3. The van der Waals surface area contributed by atoms with Gasteiger partial charge in [0.2, 0.25) is 0 Å². The van der Waals surface area contributed by atoms with Gasteiger partial charge in [0.05, 0.1) is 0 Å². The summed E-state index contributed by atoms with van der Waals surface area (Å²) >= 11 is 0. The number of rotatable bonds is 5. The fourth-order valence-electron chi connectivity index (χ4n) is 1.70. The first kappa shape index (κ1) is 11.7. The molecule has 0 rings (SSSR count). The Balaban J connectivity index is 3.69. The molecule has 0 aliphatic heterocycles. The maximum atomic E-state index is 2.55. The summed E-state index contributed by atoms with van der Waals surface area (Å²) in [6, 6.07) is 3.21. The van der Waals surface area contributed by atoms with Crippen molar-refractivity contribution in [2.24, 2.45) is 0 Å². The number of hydrogen-bond acceptors (Lipinski definition) is 0. The summed E-state index contributed by atoms with van der Waals surface area (Å²) in [5.41, 5.74) is 0. The fourth-order valence-corrected chi connectivity index (χ4v) is 14.1. The lowest BCUT2D eigenvalue weighted by Crippen LogP contribution is -2.21. The van der Waals surface area contributed by atoms with E-state index < -0.39 is 0 Å². The van der Waals surface area contributed by atoms with Gasteiger partial charge in [0.1, 0.15) is 0 Å². The van der Waals surface area contributed by atoms with E-state index in [4.69, 9.17) is 0 Å². The lowest BCUT2D eigenvalue weighted by molar-refractivity contribution is 1.21. The van der Waals surface area contributed by atoms with Crippen molar-refractivity contribution in [3.05, 3.63) is 0 Å². The van der Waals surface area contributed by atoms with E-state index in [0.29, 0.717) is 9.52 Å². The molecule has 68 valence electrons. The summed E-state index contributed by atoms with van der Waals surface area (Å²) in [4.78, 5) is 0. The Morgan fingerprint density at radius 1 is 1.18 bits per heavy atom. The standard InChI is InChI=1S/C8H24Si3/c1-6-9-8(11(4)5)7-10(2)3/h8,10-11H,6-7,9H2,1-5H3. The van der Waals surface area contributed by atoms with Crippen LogP contribution in [0.4, 0.5) is 0 Å². The summed E-state index contributed by atoms with van der Waals surface area (Å²) < 4.78 is 0. The van der Waals surface area contributed by atoms with E-state index in [2.05, 4.69) is 33.1 Å². The molecule has 0 nitrogen and oxygen atoms in total. The van der Waals surface area contributed by atoms with E-state index >= 15 is 0 Å². The molecule has 3 heteroatoms. The van der Waals surface area contributed by atoms with Crippen LogP contribution in [0.5, 0.6) is 0 Å². The van der Waals surface area contributed by atoms with Crippen LogP contribution in [0.3, 0.4) is 0 Å². The highest BCUT2D eigenvalue weighted by atomic mass is 28.3. The highest BCUT2D eigenvalue weighted by molar-refractivity contribution is 6.73. The summed E-state index contributed by atoms with van der Waals surface area (Å²) in [6.45, 7) is 12.5. The van der Waals surface area contributed by atoms with E-state index in [1.807, 2.05) is 0 Å². The maximum absolute atomic E-state index is 2.55. The predicted molar refractivity (Wildman–Crippen MR) is 65.3 cm³/mol. The SMILES string of the molecule is CC[SiH2]C(C[SiH](C)C)[SiH](C)C. The lowest BCUT2D eigenvalue weighted by atomic mass is 10.9. The zero-order chi connectivity index (χ0) is 8.85. The molecule has 0 saturated heterocycles. The third-order valence-electron chi connectivity index (χ3n) is 2.38. The molecule has 0 amide bonds. The highest BCUT2D eigenvalue weighted by Crippen LogP contribution is 2.18. The molecular weight excluding hydrogens is 180 g/mol. The lowest BCUT2D eigenvalue weighted by Gasteiger charge is -2.20. The van der Waals surface area contributed by atoms with Gasteiger partial charge in [-0.05, 0) is 0 Å². The molecule has 0 aromatic carbocycles. The average molecular weight is 205 g/mol. The van der Waals surface area contributed by atoms with Crippen LogP contribution < -0.4 is 0 Å². The molecule has 0 aromatic heterocycles. The zero-order valence-corrected chi connectivity index (χ0v) is 12.6. The van der Waals surface area contributed by atoms with Crippen molar-refractivity contribution < 1.29 is 0 Å². The van der Waals surface area contributed by atoms with Crippen LogP contribution in [0.25, 0.3) is 0 Å². The van der Waals surface area contributed by atoms with Crippen molar-refractivity contribution >= 4 is 27.1 Å². The van der Waals surface area contributed by atoms with Gasteiger partial charge in [0, 0.05) is 27.1 Å². The van der Waals surface area contributed by atoms with Crippen molar-refractivity contribution in [1.29, 1.82) is 0 Å². The van der Waals surface area contributed by atoms with E-state index in [9.17, 15) is 0 Å². The van der Waals surface area contributed by atoms with Gasteiger partial charge in [0.15, 0.2) is 0 Å². The van der Waals surface area contributed by atoms with Gasteiger partial charge in [-0.15, -0.1) is 0 Å². The molecular formula is C8H24Si3. The Hall–Kier alpha value is 0.651. The minimum Gasteiger partial charge on any atom is -0.0722 e. The molecule has 0 radical (unpaired) electrons. The van der Waals surface area contributed by atoms with Crippen LogP contribution in [0, 0.1) is 0 Å². The first-order valence-corrected chi connectivity index (χ1v) is 13.0. The first-order chi connectivity index (χ1) is 5.07. The molecule has 0 aliphatic rings. The van der Waals surface area contributed by atoms with Gasteiger partial charge >= 0.3 is 0 Å². The largest absolute Gasteiger partial charge is 0.0722 e. The molecule has 0 heterocycles. The summed E-state index contributed by atoms with van der Waals surface area (Å²) in [5, 5.41) is 1.30. The summed E-state index contributed by atoms with van der Waals surface area (Å²) in [7, 11) is -0.168. The topological polar surface area (TPSA) is 0 Å². The maximum Gasteiger partial charge on any atom is 0.0302 e. The minimum absolute atomic E-state index is 0.247. The Labute approximate surface area is 77.8 Å². The van der Waals surface area contributed by atoms with Crippen LogP contribution in [0.2, 0.25) is 43.4 Å². The van der Waals surface area contributed by atoms with Crippen molar-refractivity contribution in [2.75, 3.05) is 0 Å². The van der Waals surface area contributed by atoms with Crippen molar-refractivity contribution in [1.82, 2.24) is 0 Å². The Morgan fingerprint density at radius 3 is 2.00 bits per heavy atom. The first-order valence-electron chi connectivity index (χ1n) is 5.07. The smallest absolute Gasteiger partial charge is 0.0302 e. The molecule has 0 fully saturated rings. The average Bonchev–Trinajstić information content (AvgIpc) is 1.86. The molecule has 0 aliphatic carbocycles. The van der Waals surface area contributed by atoms with Crippen molar-refractivity contribution in [3.8, 4) is 0 Å². The molecule has 0 N–H and O–H groups in total. The molecule has 11 heavy (non-hydrogen) atoms. The minimum atomic E-state index is -0.263. The molecule has 1 atom stereocenters. The predicted octanol–water partition coefficient (Wildman–Crippen LogP) is 1.89. The van der Waals surface area contributed by atoms with E-state index in [-0.39, 0.29) is 17.6 Å². The van der Waals surface area contributed by atoms with Crippen LogP contribution in [0.15, 0.2) is 0 Å². The van der Waals surface area contributed by atoms with Gasteiger partial charge in [-0.2, -0.15) is 0 Å². The second kappa shape index (κ2) is 6.20. The van der Waals surface area contributed by atoms with Crippen LogP contribution >= 0.6 is 0 Å². The molecule has 0 saturated carbocycles. The van der Waals surface area contributed by atoms with Crippen molar-refractivity contribution in [3.63, 3.8) is 0 Å². The fraction of sp³-hybridized carbons (Fsp3) is 1.00. The van der Waals surface area contributed by atoms with Crippen LogP contribution in [0.1, 0.15) is 6.92 Å². The molecule has 0 spiro atoms. The third-order valence-corrected chi connectivity index (χ3v) is 12.8. The van der Waals surface area contributed by atoms with Gasteiger partial charge in [-0.1, -0.05) is 50.4 Å². The van der Waals surface area contributed by atoms with E-state index in [1.165, 1.54) is 11.2 Å². The molecule has 0 aromatic rings. The normalized spacial score (nSPS) is 15.5. The van der Waals surface area contributed by atoms with Gasteiger partial charge in [0.25, 0.3) is 0 Å². The summed E-state index contributed by atoms with van der Waals surface area (Å²) in [6.07, 6.45) is 0. The van der Waals surface area contributed by atoms with E-state index in [0.717, 1.165) is 0 Å². The van der Waals surface area contributed by atoms with Gasteiger partial charge in [-0.3, -0.25) is 0 Å². The summed E-state index contributed by atoms with van der Waals surface area (Å²) in [5.74, 6) is 0. The Morgan fingerprint density at radius 2 is 1.73 bits per heavy atom. The third kappa shape index (κ3) is 5.87. The van der Waals surface area contributed by atoms with Crippen LogP contribution in [-0.4, -0.2) is 27.1 Å². The zero-order valence-electron chi connectivity index (χ0n) is 8.85. The van der Waals surface area contributed by atoms with Gasteiger partial charge in [-0.25, -0.2) is 0 Å². The quantitative estimate of drug-likeness (QED) is 0.600. The Kier molecular flexibility index (Phi) is 6.56. The van der Waals surface area contributed by atoms with Gasteiger partial charge < -0.3 is 0 Å². The monoisotopic (exact) mass is 204 g/mol. The molecule has 0 bridgehead atoms. The highest BCUT2D eigenvalue weighted by Gasteiger charge is 2.15. The second-order valence-corrected chi connectivity index (χ2v) is 14.7.